The van der Waals surface area contributed by atoms with Crippen LogP contribution in [-0.2, 0) is 11.3 Å². The Morgan fingerprint density at radius 2 is 1.65 bits per heavy atom. The predicted molar refractivity (Wildman–Crippen MR) is 127 cm³/mol. The molecule has 0 atom stereocenters. The summed E-state index contributed by atoms with van der Waals surface area (Å²) < 4.78 is 11.2. The minimum atomic E-state index is -0.105. The van der Waals surface area contributed by atoms with Gasteiger partial charge in [0.05, 0.1) is 25.9 Å². The summed E-state index contributed by atoms with van der Waals surface area (Å²) in [7, 11) is 1.63. The molecule has 31 heavy (non-hydrogen) atoms. The lowest BCUT2D eigenvalue weighted by Crippen LogP contribution is -2.29. The molecular formula is C27H29NO3. The number of ether oxygens (including phenoxy) is 2. The molecule has 0 spiro atoms. The van der Waals surface area contributed by atoms with Crippen LogP contribution >= 0.6 is 0 Å². The SMILES string of the molecule is CCCCOc1ccccc1N(Cc1ccccc1)C(=O)/C=C/c1ccc(OC)cc1. The number of hydrogen-bond donors (Lipinski definition) is 0. The van der Waals surface area contributed by atoms with E-state index in [-0.39, 0.29) is 5.91 Å². The smallest absolute Gasteiger partial charge is 0.251 e. The van der Waals surface area contributed by atoms with Crippen LogP contribution in [0.15, 0.2) is 84.9 Å². The zero-order valence-electron chi connectivity index (χ0n) is 18.2. The second-order valence-electron chi connectivity index (χ2n) is 7.19. The van der Waals surface area contributed by atoms with Crippen LogP contribution in [0.25, 0.3) is 6.08 Å². The molecule has 0 radical (unpaired) electrons. The number of unbranched alkanes of at least 4 members (excludes halogenated alkanes) is 1. The predicted octanol–water partition coefficient (Wildman–Crippen LogP) is 6.12. The third-order valence-electron chi connectivity index (χ3n) is 4.90. The van der Waals surface area contributed by atoms with E-state index in [2.05, 4.69) is 6.92 Å². The average molecular weight is 416 g/mol. The van der Waals surface area contributed by atoms with E-state index in [9.17, 15) is 4.79 Å². The second-order valence-corrected chi connectivity index (χ2v) is 7.19. The van der Waals surface area contributed by atoms with Crippen molar-refractivity contribution in [2.45, 2.75) is 26.3 Å². The van der Waals surface area contributed by atoms with Crippen molar-refractivity contribution >= 4 is 17.7 Å². The van der Waals surface area contributed by atoms with Crippen molar-refractivity contribution in [2.75, 3.05) is 18.6 Å². The summed E-state index contributed by atoms with van der Waals surface area (Å²) in [5, 5.41) is 0. The number of hydrogen-bond acceptors (Lipinski definition) is 3. The summed E-state index contributed by atoms with van der Waals surface area (Å²) in [6.07, 6.45) is 5.45. The second kappa shape index (κ2) is 11.6. The fourth-order valence-electron chi connectivity index (χ4n) is 3.15. The molecule has 0 aliphatic carbocycles. The molecule has 0 saturated carbocycles. The first-order valence-corrected chi connectivity index (χ1v) is 10.6. The number of amides is 1. The van der Waals surface area contributed by atoms with Crippen molar-refractivity contribution in [2.24, 2.45) is 0 Å². The van der Waals surface area contributed by atoms with E-state index in [1.165, 1.54) is 0 Å². The van der Waals surface area contributed by atoms with Crippen LogP contribution in [0.4, 0.5) is 5.69 Å². The van der Waals surface area contributed by atoms with Gasteiger partial charge in [-0.2, -0.15) is 0 Å². The van der Waals surface area contributed by atoms with Gasteiger partial charge in [-0.05, 0) is 47.9 Å². The Hall–Kier alpha value is -3.53. The number of anilines is 1. The van der Waals surface area contributed by atoms with Gasteiger partial charge in [-0.15, -0.1) is 0 Å². The lowest BCUT2D eigenvalue weighted by Gasteiger charge is -2.24. The molecule has 0 heterocycles. The van der Waals surface area contributed by atoms with E-state index >= 15 is 0 Å². The van der Waals surface area contributed by atoms with Gasteiger partial charge < -0.3 is 14.4 Å². The summed E-state index contributed by atoms with van der Waals surface area (Å²) >= 11 is 0. The molecule has 0 fully saturated rings. The molecule has 0 N–H and O–H groups in total. The van der Waals surface area contributed by atoms with Gasteiger partial charge in [0.1, 0.15) is 11.5 Å². The van der Waals surface area contributed by atoms with E-state index < -0.39 is 0 Å². The fourth-order valence-corrected chi connectivity index (χ4v) is 3.15. The van der Waals surface area contributed by atoms with E-state index in [0.29, 0.717) is 13.2 Å². The largest absolute Gasteiger partial charge is 0.497 e. The Balaban J connectivity index is 1.87. The standard InChI is InChI=1S/C27H29NO3/c1-3-4-20-31-26-13-9-8-12-25(26)28(21-23-10-6-5-7-11-23)27(29)19-16-22-14-17-24(30-2)18-15-22/h5-19H,3-4,20-21H2,1-2H3/b19-16+. The topological polar surface area (TPSA) is 38.8 Å². The summed E-state index contributed by atoms with van der Waals surface area (Å²) in [5.74, 6) is 1.40. The van der Waals surface area contributed by atoms with Crippen molar-refractivity contribution in [1.29, 1.82) is 0 Å². The first-order chi connectivity index (χ1) is 15.2. The van der Waals surface area contributed by atoms with Gasteiger partial charge in [0, 0.05) is 6.08 Å². The number of rotatable bonds is 10. The Kier molecular flexibility index (Phi) is 8.29. The zero-order chi connectivity index (χ0) is 21.9. The van der Waals surface area contributed by atoms with E-state index in [4.69, 9.17) is 9.47 Å². The van der Waals surface area contributed by atoms with Gasteiger partial charge in [-0.25, -0.2) is 0 Å². The Morgan fingerprint density at radius 1 is 0.935 bits per heavy atom. The van der Waals surface area contributed by atoms with Crippen LogP contribution in [0.2, 0.25) is 0 Å². The molecule has 3 aromatic rings. The maximum absolute atomic E-state index is 13.3. The summed E-state index contributed by atoms with van der Waals surface area (Å²) in [6.45, 7) is 3.22. The van der Waals surface area contributed by atoms with Gasteiger partial charge in [0.2, 0.25) is 0 Å². The van der Waals surface area contributed by atoms with E-state index in [1.54, 1.807) is 18.1 Å². The molecule has 3 rings (SSSR count). The number of carbonyl (C=O) groups is 1. The number of para-hydroxylation sites is 2. The molecule has 4 heteroatoms. The van der Waals surface area contributed by atoms with Crippen molar-refractivity contribution in [3.05, 3.63) is 96.1 Å². The molecule has 1 amide bonds. The lowest BCUT2D eigenvalue weighted by molar-refractivity contribution is -0.114. The minimum absolute atomic E-state index is 0.105. The quantitative estimate of drug-likeness (QED) is 0.296. The minimum Gasteiger partial charge on any atom is -0.497 e. The van der Waals surface area contributed by atoms with Gasteiger partial charge >= 0.3 is 0 Å². The zero-order valence-corrected chi connectivity index (χ0v) is 18.2. The van der Waals surface area contributed by atoms with Gasteiger partial charge in [0.25, 0.3) is 5.91 Å². The number of nitrogens with zero attached hydrogens (tertiary/aromatic N) is 1. The van der Waals surface area contributed by atoms with Gasteiger partial charge in [-0.3, -0.25) is 4.79 Å². The van der Waals surface area contributed by atoms with Crippen LogP contribution in [0.1, 0.15) is 30.9 Å². The fraction of sp³-hybridized carbons (Fsp3) is 0.222. The normalized spacial score (nSPS) is 10.8. The summed E-state index contributed by atoms with van der Waals surface area (Å²) in [4.78, 5) is 15.0. The highest BCUT2D eigenvalue weighted by Gasteiger charge is 2.18. The molecule has 0 unspecified atom stereocenters. The maximum Gasteiger partial charge on any atom is 0.251 e. The number of methoxy groups -OCH3 is 1. The molecule has 3 aromatic carbocycles. The Labute approximate surface area is 184 Å². The molecule has 0 saturated heterocycles. The number of carbonyl (C=O) groups excluding carboxylic acids is 1. The first kappa shape index (κ1) is 22.2. The van der Waals surface area contributed by atoms with Crippen LogP contribution in [0.3, 0.4) is 0 Å². The van der Waals surface area contributed by atoms with E-state index in [1.807, 2.05) is 84.9 Å². The van der Waals surface area contributed by atoms with Gasteiger partial charge in [-0.1, -0.05) is 67.9 Å². The lowest BCUT2D eigenvalue weighted by atomic mass is 10.1. The molecule has 4 nitrogen and oxygen atoms in total. The average Bonchev–Trinajstić information content (AvgIpc) is 2.82. The highest BCUT2D eigenvalue weighted by atomic mass is 16.5. The molecule has 0 bridgehead atoms. The third kappa shape index (κ3) is 6.48. The van der Waals surface area contributed by atoms with Crippen molar-refractivity contribution in [1.82, 2.24) is 0 Å². The van der Waals surface area contributed by atoms with E-state index in [0.717, 1.165) is 41.2 Å². The Morgan fingerprint density at radius 3 is 2.35 bits per heavy atom. The van der Waals surface area contributed by atoms with Crippen LogP contribution in [0.5, 0.6) is 11.5 Å². The summed E-state index contributed by atoms with van der Waals surface area (Å²) in [5.41, 5.74) is 2.75. The molecule has 0 aliphatic rings. The number of benzene rings is 3. The third-order valence-corrected chi connectivity index (χ3v) is 4.90. The monoisotopic (exact) mass is 415 g/mol. The molecular weight excluding hydrogens is 386 g/mol. The Bertz CT molecular complexity index is 981. The van der Waals surface area contributed by atoms with Crippen molar-refractivity contribution in [3.8, 4) is 11.5 Å². The van der Waals surface area contributed by atoms with Crippen LogP contribution in [-0.4, -0.2) is 19.6 Å². The van der Waals surface area contributed by atoms with Crippen LogP contribution in [0, 0.1) is 0 Å². The van der Waals surface area contributed by atoms with Crippen molar-refractivity contribution < 1.29 is 14.3 Å². The molecule has 0 aliphatic heterocycles. The first-order valence-electron chi connectivity index (χ1n) is 10.6. The van der Waals surface area contributed by atoms with Crippen LogP contribution < -0.4 is 14.4 Å². The maximum atomic E-state index is 13.3. The summed E-state index contributed by atoms with van der Waals surface area (Å²) in [6, 6.07) is 25.3. The highest BCUT2D eigenvalue weighted by molar-refractivity contribution is 6.04. The molecule has 160 valence electrons. The molecule has 0 aromatic heterocycles. The highest BCUT2D eigenvalue weighted by Crippen LogP contribution is 2.30. The van der Waals surface area contributed by atoms with Gasteiger partial charge in [0.15, 0.2) is 0 Å². The van der Waals surface area contributed by atoms with Crippen molar-refractivity contribution in [3.63, 3.8) is 0 Å².